The molecule has 1 aliphatic rings. The van der Waals surface area contributed by atoms with E-state index in [4.69, 9.17) is 9.84 Å². The van der Waals surface area contributed by atoms with Gasteiger partial charge in [0.2, 0.25) is 0 Å². The Kier molecular flexibility index (Phi) is 3.86. The molecular formula is C9H18O5. The molecule has 0 aromatic heterocycles. The van der Waals surface area contributed by atoms with Crippen LogP contribution in [0.1, 0.15) is 13.8 Å². The fourth-order valence-electron chi connectivity index (χ4n) is 1.68. The smallest absolute Gasteiger partial charge is 0.111 e. The van der Waals surface area contributed by atoms with E-state index in [-0.39, 0.29) is 12.5 Å². The molecule has 1 aliphatic heterocycles. The van der Waals surface area contributed by atoms with Gasteiger partial charge in [0.25, 0.3) is 0 Å². The van der Waals surface area contributed by atoms with Crippen molar-refractivity contribution in [1.29, 1.82) is 0 Å². The molecule has 5 atom stereocenters. The molecule has 4 N–H and O–H groups in total. The Morgan fingerprint density at radius 2 is 1.64 bits per heavy atom. The van der Waals surface area contributed by atoms with Crippen LogP contribution >= 0.6 is 0 Å². The zero-order chi connectivity index (χ0) is 10.9. The van der Waals surface area contributed by atoms with E-state index in [1.165, 1.54) is 0 Å². The summed E-state index contributed by atoms with van der Waals surface area (Å²) in [6.07, 6.45) is -4.96. The lowest BCUT2D eigenvalue weighted by Crippen LogP contribution is -2.59. The second kappa shape index (κ2) is 4.55. The van der Waals surface area contributed by atoms with E-state index in [0.717, 1.165) is 0 Å². The second-order valence-electron chi connectivity index (χ2n) is 4.04. The van der Waals surface area contributed by atoms with Crippen LogP contribution < -0.4 is 0 Å². The van der Waals surface area contributed by atoms with Gasteiger partial charge >= 0.3 is 0 Å². The quantitative estimate of drug-likeness (QED) is 0.441. The predicted octanol–water partition coefficient (Wildman–Crippen LogP) is -1.52. The molecule has 5 heteroatoms. The molecule has 14 heavy (non-hydrogen) atoms. The summed E-state index contributed by atoms with van der Waals surface area (Å²) in [5.74, 6) is 0.0150. The number of aliphatic hydroxyl groups is 4. The first-order chi connectivity index (χ1) is 6.49. The van der Waals surface area contributed by atoms with Gasteiger partial charge in [-0.1, -0.05) is 13.8 Å². The standard InChI is InChI=1S/C9H18O5/c1-4(2)9-8(13)7(12)6(11)5(3-10)14-9/h4-13H,3H2,1-2H3/t5-,6?,7+,8-,9+/m1/s1. The zero-order valence-electron chi connectivity index (χ0n) is 8.37. The Morgan fingerprint density at radius 1 is 1.07 bits per heavy atom. The van der Waals surface area contributed by atoms with Crippen molar-refractivity contribution in [3.8, 4) is 0 Å². The van der Waals surface area contributed by atoms with Crippen molar-refractivity contribution in [1.82, 2.24) is 0 Å². The van der Waals surface area contributed by atoms with Gasteiger partial charge < -0.3 is 25.2 Å². The fourth-order valence-corrected chi connectivity index (χ4v) is 1.68. The van der Waals surface area contributed by atoms with Crippen LogP contribution in [0.15, 0.2) is 0 Å². The van der Waals surface area contributed by atoms with Gasteiger partial charge in [0.1, 0.15) is 24.4 Å². The maximum atomic E-state index is 9.57. The zero-order valence-corrected chi connectivity index (χ0v) is 8.37. The molecule has 1 fully saturated rings. The monoisotopic (exact) mass is 206 g/mol. The number of hydrogen-bond donors (Lipinski definition) is 4. The number of ether oxygens (including phenoxy) is 1. The largest absolute Gasteiger partial charge is 0.394 e. The van der Waals surface area contributed by atoms with Crippen LogP contribution in [-0.4, -0.2) is 57.6 Å². The van der Waals surface area contributed by atoms with Crippen LogP contribution in [0.2, 0.25) is 0 Å². The van der Waals surface area contributed by atoms with E-state index in [1.807, 2.05) is 13.8 Å². The van der Waals surface area contributed by atoms with Crippen molar-refractivity contribution >= 4 is 0 Å². The summed E-state index contributed by atoms with van der Waals surface area (Å²) in [6, 6.07) is 0. The second-order valence-corrected chi connectivity index (χ2v) is 4.04. The Hall–Kier alpha value is -0.200. The van der Waals surface area contributed by atoms with Gasteiger partial charge in [0, 0.05) is 0 Å². The molecule has 0 radical (unpaired) electrons. The fraction of sp³-hybridized carbons (Fsp3) is 1.00. The van der Waals surface area contributed by atoms with Gasteiger partial charge in [-0.2, -0.15) is 0 Å². The van der Waals surface area contributed by atoms with Crippen LogP contribution in [0.4, 0.5) is 0 Å². The lowest BCUT2D eigenvalue weighted by molar-refractivity contribution is -0.238. The van der Waals surface area contributed by atoms with Crippen molar-refractivity contribution in [2.24, 2.45) is 5.92 Å². The van der Waals surface area contributed by atoms with Crippen LogP contribution in [-0.2, 0) is 4.74 Å². The Bertz CT molecular complexity index is 182. The van der Waals surface area contributed by atoms with E-state index in [9.17, 15) is 15.3 Å². The topological polar surface area (TPSA) is 90.2 Å². The summed E-state index contributed by atoms with van der Waals surface area (Å²) >= 11 is 0. The molecule has 5 nitrogen and oxygen atoms in total. The Balaban J connectivity index is 2.73. The first-order valence-electron chi connectivity index (χ1n) is 4.79. The minimum Gasteiger partial charge on any atom is -0.394 e. The molecule has 0 saturated carbocycles. The highest BCUT2D eigenvalue weighted by molar-refractivity contribution is 4.92. The summed E-state index contributed by atoms with van der Waals surface area (Å²) in [4.78, 5) is 0. The van der Waals surface area contributed by atoms with Crippen LogP contribution in [0.5, 0.6) is 0 Å². The summed E-state index contributed by atoms with van der Waals surface area (Å²) in [5.41, 5.74) is 0. The molecule has 84 valence electrons. The van der Waals surface area contributed by atoms with Gasteiger partial charge in [0.05, 0.1) is 12.7 Å². The van der Waals surface area contributed by atoms with Gasteiger partial charge in [-0.15, -0.1) is 0 Å². The van der Waals surface area contributed by atoms with Crippen molar-refractivity contribution in [3.05, 3.63) is 0 Å². The van der Waals surface area contributed by atoms with E-state index >= 15 is 0 Å². The number of aliphatic hydroxyl groups excluding tert-OH is 4. The van der Waals surface area contributed by atoms with E-state index in [1.54, 1.807) is 0 Å². The highest BCUT2D eigenvalue weighted by Crippen LogP contribution is 2.25. The van der Waals surface area contributed by atoms with Crippen LogP contribution in [0.3, 0.4) is 0 Å². The van der Waals surface area contributed by atoms with Crippen molar-refractivity contribution in [2.75, 3.05) is 6.61 Å². The van der Waals surface area contributed by atoms with Crippen molar-refractivity contribution in [2.45, 2.75) is 44.4 Å². The minimum absolute atomic E-state index is 0.0150. The maximum Gasteiger partial charge on any atom is 0.111 e. The number of hydrogen-bond acceptors (Lipinski definition) is 5. The SMILES string of the molecule is CC(C)[C@@H]1O[C@H](CO)C(O)[C@H](O)[C@H]1O. The first kappa shape index (κ1) is 11.9. The van der Waals surface area contributed by atoms with E-state index in [2.05, 4.69) is 0 Å². The van der Waals surface area contributed by atoms with Gasteiger partial charge in [0.15, 0.2) is 0 Å². The average Bonchev–Trinajstić information content (AvgIpc) is 2.14. The maximum absolute atomic E-state index is 9.57. The molecule has 1 rings (SSSR count). The molecule has 1 heterocycles. The Labute approximate surface area is 82.9 Å². The number of rotatable bonds is 2. The average molecular weight is 206 g/mol. The minimum atomic E-state index is -1.26. The first-order valence-corrected chi connectivity index (χ1v) is 4.79. The van der Waals surface area contributed by atoms with Crippen molar-refractivity contribution in [3.63, 3.8) is 0 Å². The lowest BCUT2D eigenvalue weighted by atomic mass is 9.90. The normalized spacial score (nSPS) is 44.4. The lowest BCUT2D eigenvalue weighted by Gasteiger charge is -2.41. The molecule has 0 aromatic carbocycles. The van der Waals surface area contributed by atoms with Gasteiger partial charge in [-0.3, -0.25) is 0 Å². The highest BCUT2D eigenvalue weighted by atomic mass is 16.5. The van der Waals surface area contributed by atoms with Gasteiger partial charge in [-0.05, 0) is 5.92 Å². The van der Waals surface area contributed by atoms with Crippen LogP contribution in [0.25, 0.3) is 0 Å². The third-order valence-electron chi connectivity index (χ3n) is 2.59. The molecule has 0 amide bonds. The third kappa shape index (κ3) is 2.07. The van der Waals surface area contributed by atoms with Gasteiger partial charge in [-0.25, -0.2) is 0 Å². The predicted molar refractivity (Wildman–Crippen MR) is 48.6 cm³/mol. The summed E-state index contributed by atoms with van der Waals surface area (Å²) < 4.78 is 5.28. The summed E-state index contributed by atoms with van der Waals surface area (Å²) in [5, 5.41) is 37.4. The molecular weight excluding hydrogens is 188 g/mol. The van der Waals surface area contributed by atoms with E-state index in [0.29, 0.717) is 0 Å². The third-order valence-corrected chi connectivity index (χ3v) is 2.59. The molecule has 1 saturated heterocycles. The molecule has 0 aliphatic carbocycles. The molecule has 0 bridgehead atoms. The van der Waals surface area contributed by atoms with Crippen LogP contribution in [0, 0.1) is 5.92 Å². The Morgan fingerprint density at radius 3 is 2.07 bits per heavy atom. The summed E-state index contributed by atoms with van der Waals surface area (Å²) in [6.45, 7) is 3.31. The van der Waals surface area contributed by atoms with Crippen molar-refractivity contribution < 1.29 is 25.2 Å². The summed E-state index contributed by atoms with van der Waals surface area (Å²) in [7, 11) is 0. The molecule has 0 spiro atoms. The molecule has 1 unspecified atom stereocenters. The van der Waals surface area contributed by atoms with E-state index < -0.39 is 30.5 Å². The highest BCUT2D eigenvalue weighted by Gasteiger charge is 2.44. The molecule has 0 aromatic rings.